The minimum atomic E-state index is -0.486. The quantitative estimate of drug-likeness (QED) is 0.691. The molecule has 148 valence electrons. The fourth-order valence-corrected chi connectivity index (χ4v) is 3.31. The van der Waals surface area contributed by atoms with Crippen molar-refractivity contribution >= 4 is 34.5 Å². The monoisotopic (exact) mass is 391 g/mol. The molecule has 0 radical (unpaired) electrons. The lowest BCUT2D eigenvalue weighted by Gasteiger charge is -2.35. The molecule has 0 atom stereocenters. The fourth-order valence-electron chi connectivity index (χ4n) is 3.31. The number of rotatable bonds is 3. The van der Waals surface area contributed by atoms with E-state index in [2.05, 4.69) is 20.2 Å². The number of hydrogen-bond acceptors (Lipinski definition) is 6. The highest BCUT2D eigenvalue weighted by molar-refractivity contribution is 6.00. The molecule has 1 fully saturated rings. The smallest absolute Gasteiger partial charge is 0.339 e. The third kappa shape index (κ3) is 3.96. The number of amides is 2. The molecule has 2 amide bonds. The highest BCUT2D eigenvalue weighted by atomic mass is 16.5. The van der Waals surface area contributed by atoms with Gasteiger partial charge in [0.1, 0.15) is 5.82 Å². The first-order valence-corrected chi connectivity index (χ1v) is 9.36. The van der Waals surface area contributed by atoms with Crippen molar-refractivity contribution in [3.05, 3.63) is 60.3 Å². The van der Waals surface area contributed by atoms with Crippen LogP contribution < -0.4 is 10.2 Å². The molecule has 1 N–H and O–H groups in total. The van der Waals surface area contributed by atoms with Gasteiger partial charge in [-0.15, -0.1) is 0 Å². The van der Waals surface area contributed by atoms with Gasteiger partial charge in [-0.25, -0.2) is 14.6 Å². The Kier molecular flexibility index (Phi) is 5.24. The van der Waals surface area contributed by atoms with Crippen molar-refractivity contribution in [1.82, 2.24) is 14.9 Å². The first-order chi connectivity index (χ1) is 14.2. The first-order valence-electron chi connectivity index (χ1n) is 9.36. The largest absolute Gasteiger partial charge is 0.465 e. The molecule has 29 heavy (non-hydrogen) atoms. The van der Waals surface area contributed by atoms with Crippen LogP contribution in [0.3, 0.4) is 0 Å². The van der Waals surface area contributed by atoms with Crippen LogP contribution in [0.15, 0.2) is 54.7 Å². The van der Waals surface area contributed by atoms with Crippen LogP contribution in [0.1, 0.15) is 10.4 Å². The van der Waals surface area contributed by atoms with Gasteiger partial charge in [0.2, 0.25) is 0 Å². The number of urea groups is 1. The third-order valence-electron chi connectivity index (χ3n) is 4.90. The van der Waals surface area contributed by atoms with Gasteiger partial charge in [-0.1, -0.05) is 24.3 Å². The second-order valence-corrected chi connectivity index (χ2v) is 6.66. The summed E-state index contributed by atoms with van der Waals surface area (Å²) in [5.74, 6) is 0.320. The highest BCUT2D eigenvalue weighted by Gasteiger charge is 2.23. The zero-order valence-corrected chi connectivity index (χ0v) is 16.0. The summed E-state index contributed by atoms with van der Waals surface area (Å²) in [6, 6.07) is 14.3. The number of piperazine rings is 1. The van der Waals surface area contributed by atoms with Crippen LogP contribution in [-0.4, -0.2) is 60.2 Å². The summed E-state index contributed by atoms with van der Waals surface area (Å²) in [5.41, 5.74) is 2.48. The molecule has 0 saturated carbocycles. The molecule has 1 aliphatic rings. The number of nitrogens with zero attached hydrogens (tertiary/aromatic N) is 4. The standard InChI is InChI=1S/C21H21N5O3/c1-29-20(27)15-6-2-3-7-16(15)24-21(28)26-12-10-25(11-13-26)19-14-22-17-8-4-5-9-18(17)23-19/h2-9,14H,10-13H2,1H3,(H,24,28). The predicted molar refractivity (Wildman–Crippen MR) is 110 cm³/mol. The molecule has 8 heteroatoms. The van der Waals surface area contributed by atoms with Crippen LogP contribution in [-0.2, 0) is 4.74 Å². The summed E-state index contributed by atoms with van der Waals surface area (Å²) < 4.78 is 4.77. The summed E-state index contributed by atoms with van der Waals surface area (Å²) in [4.78, 5) is 37.5. The molecule has 8 nitrogen and oxygen atoms in total. The van der Waals surface area contributed by atoms with E-state index in [0.29, 0.717) is 37.4 Å². The van der Waals surface area contributed by atoms with E-state index in [4.69, 9.17) is 4.74 Å². The molecule has 3 aromatic rings. The number of ether oxygens (including phenoxy) is 1. The van der Waals surface area contributed by atoms with Gasteiger partial charge in [-0.3, -0.25) is 4.98 Å². The Labute approximate surface area is 168 Å². The van der Waals surface area contributed by atoms with E-state index >= 15 is 0 Å². The second kappa shape index (κ2) is 8.14. The molecule has 0 aliphatic carbocycles. The van der Waals surface area contributed by atoms with Crippen LogP contribution in [0.25, 0.3) is 11.0 Å². The van der Waals surface area contributed by atoms with Gasteiger partial charge in [0.15, 0.2) is 0 Å². The Morgan fingerprint density at radius 2 is 1.66 bits per heavy atom. The number of esters is 1. The van der Waals surface area contributed by atoms with E-state index in [1.165, 1.54) is 7.11 Å². The number of hydrogen-bond donors (Lipinski definition) is 1. The summed E-state index contributed by atoms with van der Waals surface area (Å²) in [6.45, 7) is 2.39. The summed E-state index contributed by atoms with van der Waals surface area (Å²) in [5, 5.41) is 2.81. The maximum absolute atomic E-state index is 12.7. The number of aromatic nitrogens is 2. The van der Waals surface area contributed by atoms with Crippen molar-refractivity contribution in [3.8, 4) is 0 Å². The number of carbonyl (C=O) groups is 2. The zero-order chi connectivity index (χ0) is 20.2. The second-order valence-electron chi connectivity index (χ2n) is 6.66. The molecule has 0 spiro atoms. The van der Waals surface area contributed by atoms with Gasteiger partial charge in [0.05, 0.1) is 35.6 Å². The maximum atomic E-state index is 12.7. The van der Waals surface area contributed by atoms with Gasteiger partial charge in [0, 0.05) is 26.2 Å². The van der Waals surface area contributed by atoms with Gasteiger partial charge in [-0.05, 0) is 24.3 Å². The highest BCUT2D eigenvalue weighted by Crippen LogP contribution is 2.19. The first kappa shape index (κ1) is 18.7. The molecule has 2 aromatic carbocycles. The third-order valence-corrected chi connectivity index (χ3v) is 4.90. The Balaban J connectivity index is 1.40. The van der Waals surface area contributed by atoms with Crippen molar-refractivity contribution in [2.24, 2.45) is 0 Å². The molecule has 0 bridgehead atoms. The van der Waals surface area contributed by atoms with E-state index in [-0.39, 0.29) is 6.03 Å². The van der Waals surface area contributed by atoms with Crippen LogP contribution in [0.2, 0.25) is 0 Å². The number of benzene rings is 2. The summed E-state index contributed by atoms with van der Waals surface area (Å²) in [6.07, 6.45) is 1.77. The lowest BCUT2D eigenvalue weighted by Crippen LogP contribution is -2.50. The number of para-hydroxylation sites is 3. The number of methoxy groups -OCH3 is 1. The molecular formula is C21H21N5O3. The van der Waals surface area contributed by atoms with E-state index in [1.54, 1.807) is 35.4 Å². The van der Waals surface area contributed by atoms with Crippen LogP contribution >= 0.6 is 0 Å². The molecule has 2 heterocycles. The number of fused-ring (bicyclic) bond motifs is 1. The average molecular weight is 391 g/mol. The van der Waals surface area contributed by atoms with E-state index < -0.39 is 5.97 Å². The van der Waals surface area contributed by atoms with Gasteiger partial charge in [-0.2, -0.15) is 0 Å². The topological polar surface area (TPSA) is 87.7 Å². The predicted octanol–water partition coefficient (Wildman–Crippen LogP) is 2.77. The van der Waals surface area contributed by atoms with Crippen molar-refractivity contribution in [2.45, 2.75) is 0 Å². The Morgan fingerprint density at radius 1 is 0.966 bits per heavy atom. The van der Waals surface area contributed by atoms with Crippen LogP contribution in [0, 0.1) is 0 Å². The van der Waals surface area contributed by atoms with E-state index in [9.17, 15) is 9.59 Å². The van der Waals surface area contributed by atoms with Crippen LogP contribution in [0.4, 0.5) is 16.3 Å². The molecule has 1 aromatic heterocycles. The molecule has 0 unspecified atom stereocenters. The zero-order valence-electron chi connectivity index (χ0n) is 16.0. The summed E-state index contributed by atoms with van der Waals surface area (Å²) in [7, 11) is 1.32. The van der Waals surface area contributed by atoms with Crippen molar-refractivity contribution < 1.29 is 14.3 Å². The summed E-state index contributed by atoms with van der Waals surface area (Å²) >= 11 is 0. The average Bonchev–Trinajstić information content (AvgIpc) is 2.78. The van der Waals surface area contributed by atoms with Crippen molar-refractivity contribution in [3.63, 3.8) is 0 Å². The Morgan fingerprint density at radius 3 is 2.41 bits per heavy atom. The SMILES string of the molecule is COC(=O)c1ccccc1NC(=O)N1CCN(c2cnc3ccccc3n2)CC1. The lowest BCUT2D eigenvalue weighted by atomic mass is 10.2. The van der Waals surface area contributed by atoms with Gasteiger partial charge >= 0.3 is 12.0 Å². The maximum Gasteiger partial charge on any atom is 0.339 e. The fraction of sp³-hybridized carbons (Fsp3) is 0.238. The van der Waals surface area contributed by atoms with E-state index in [0.717, 1.165) is 16.9 Å². The Bertz CT molecular complexity index is 1050. The number of anilines is 2. The lowest BCUT2D eigenvalue weighted by molar-refractivity contribution is 0.0602. The molecule has 4 rings (SSSR count). The minimum Gasteiger partial charge on any atom is -0.465 e. The molecule has 1 aliphatic heterocycles. The van der Waals surface area contributed by atoms with Gasteiger partial charge < -0.3 is 19.9 Å². The molecule has 1 saturated heterocycles. The van der Waals surface area contributed by atoms with Crippen molar-refractivity contribution in [2.75, 3.05) is 43.5 Å². The van der Waals surface area contributed by atoms with Crippen molar-refractivity contribution in [1.29, 1.82) is 0 Å². The Hall–Kier alpha value is -3.68. The number of nitrogens with one attached hydrogen (secondary N) is 1. The minimum absolute atomic E-state index is 0.245. The van der Waals surface area contributed by atoms with E-state index in [1.807, 2.05) is 24.3 Å². The molecular weight excluding hydrogens is 370 g/mol. The van der Waals surface area contributed by atoms with Gasteiger partial charge in [0.25, 0.3) is 0 Å². The normalized spacial score (nSPS) is 14.0. The van der Waals surface area contributed by atoms with Crippen LogP contribution in [0.5, 0.6) is 0 Å². The number of carbonyl (C=O) groups excluding carboxylic acids is 2.